The molecule has 0 radical (unpaired) electrons. The van der Waals surface area contributed by atoms with E-state index in [1.54, 1.807) is 0 Å². The largest absolute Gasteiger partial charge is 0.481 e. The van der Waals surface area contributed by atoms with Crippen molar-refractivity contribution in [2.75, 3.05) is 19.7 Å². The maximum atomic E-state index is 11.7. The fourth-order valence-electron chi connectivity index (χ4n) is 2.07. The van der Waals surface area contributed by atoms with Crippen LogP contribution in [0.5, 0.6) is 0 Å². The van der Waals surface area contributed by atoms with Crippen LogP contribution >= 0.6 is 0 Å². The Bertz CT molecular complexity index is 261. The zero-order valence-electron chi connectivity index (χ0n) is 10.3. The van der Waals surface area contributed by atoms with Gasteiger partial charge in [-0.3, -0.25) is 9.59 Å². The molecule has 0 saturated carbocycles. The summed E-state index contributed by atoms with van der Waals surface area (Å²) in [4.78, 5) is 22.9. The van der Waals surface area contributed by atoms with E-state index in [4.69, 9.17) is 9.84 Å². The molecule has 0 aromatic heterocycles. The Labute approximate surface area is 102 Å². The number of unbranched alkanes of at least 4 members (excludes halogenated alkanes) is 1. The summed E-state index contributed by atoms with van der Waals surface area (Å²) in [7, 11) is 0. The normalized spacial score (nSPS) is 21.8. The third-order valence-electron chi connectivity index (χ3n) is 3.07. The Morgan fingerprint density at radius 3 is 2.82 bits per heavy atom. The highest BCUT2D eigenvalue weighted by Gasteiger charge is 2.36. The fourth-order valence-corrected chi connectivity index (χ4v) is 2.07. The molecule has 1 aliphatic rings. The predicted octanol–water partition coefficient (Wildman–Crippen LogP) is 1.03. The molecule has 0 spiro atoms. The smallest absolute Gasteiger partial charge is 0.320 e. The molecule has 5 heteroatoms. The molecular formula is C12H21NO4. The summed E-state index contributed by atoms with van der Waals surface area (Å²) in [5.74, 6) is -2.81. The lowest BCUT2D eigenvalue weighted by Crippen LogP contribution is -2.41. The molecule has 0 aliphatic carbocycles. The molecule has 2 atom stereocenters. The standard InChI is InChI=1S/C12H21NO4/c1-2-3-7-17-12(16)10(11(14)15)9-5-4-6-13-8-9/h9-10,13H,2-8H2,1H3,(H,14,15). The molecule has 17 heavy (non-hydrogen) atoms. The molecule has 1 saturated heterocycles. The minimum atomic E-state index is -1.07. The van der Waals surface area contributed by atoms with E-state index < -0.39 is 17.9 Å². The number of rotatable bonds is 6. The first-order valence-electron chi connectivity index (χ1n) is 6.27. The average molecular weight is 243 g/mol. The number of hydrogen-bond donors (Lipinski definition) is 2. The monoisotopic (exact) mass is 243 g/mol. The van der Waals surface area contributed by atoms with Crippen molar-refractivity contribution in [2.45, 2.75) is 32.6 Å². The number of carboxylic acids is 1. The maximum absolute atomic E-state index is 11.7. The van der Waals surface area contributed by atoms with Crippen molar-refractivity contribution >= 4 is 11.9 Å². The van der Waals surface area contributed by atoms with Crippen LogP contribution in [0.2, 0.25) is 0 Å². The van der Waals surface area contributed by atoms with Gasteiger partial charge >= 0.3 is 11.9 Å². The molecule has 1 fully saturated rings. The van der Waals surface area contributed by atoms with E-state index in [1.807, 2.05) is 6.92 Å². The van der Waals surface area contributed by atoms with Crippen LogP contribution in [0.1, 0.15) is 32.6 Å². The number of carbonyl (C=O) groups excluding carboxylic acids is 1. The van der Waals surface area contributed by atoms with Crippen LogP contribution in [0.4, 0.5) is 0 Å². The van der Waals surface area contributed by atoms with Gasteiger partial charge in [0, 0.05) is 0 Å². The minimum Gasteiger partial charge on any atom is -0.481 e. The van der Waals surface area contributed by atoms with Crippen LogP contribution in [0.25, 0.3) is 0 Å². The van der Waals surface area contributed by atoms with E-state index in [-0.39, 0.29) is 5.92 Å². The number of hydrogen-bond acceptors (Lipinski definition) is 4. The number of nitrogens with one attached hydrogen (secondary N) is 1. The van der Waals surface area contributed by atoms with Crippen LogP contribution in [0.15, 0.2) is 0 Å². The molecule has 2 unspecified atom stereocenters. The number of piperidine rings is 1. The lowest BCUT2D eigenvalue weighted by molar-refractivity contribution is -0.161. The Morgan fingerprint density at radius 1 is 1.53 bits per heavy atom. The van der Waals surface area contributed by atoms with Gasteiger partial charge in [-0.25, -0.2) is 0 Å². The first-order chi connectivity index (χ1) is 8.16. The molecule has 5 nitrogen and oxygen atoms in total. The molecule has 2 N–H and O–H groups in total. The minimum absolute atomic E-state index is 0.143. The Balaban J connectivity index is 2.51. The summed E-state index contributed by atoms with van der Waals surface area (Å²) >= 11 is 0. The van der Waals surface area contributed by atoms with Gasteiger partial charge in [0.25, 0.3) is 0 Å². The SMILES string of the molecule is CCCCOC(=O)C(C(=O)O)C1CCCNC1. The zero-order chi connectivity index (χ0) is 12.7. The molecule has 0 aromatic carbocycles. The molecule has 0 aromatic rings. The van der Waals surface area contributed by atoms with Crippen molar-refractivity contribution in [1.82, 2.24) is 5.32 Å². The van der Waals surface area contributed by atoms with Crippen molar-refractivity contribution in [3.63, 3.8) is 0 Å². The third-order valence-corrected chi connectivity index (χ3v) is 3.07. The van der Waals surface area contributed by atoms with Crippen molar-refractivity contribution in [1.29, 1.82) is 0 Å². The summed E-state index contributed by atoms with van der Waals surface area (Å²) < 4.78 is 5.01. The molecule has 98 valence electrons. The second-order valence-corrected chi connectivity index (χ2v) is 4.44. The lowest BCUT2D eigenvalue weighted by Gasteiger charge is -2.26. The van der Waals surface area contributed by atoms with E-state index in [0.717, 1.165) is 32.2 Å². The van der Waals surface area contributed by atoms with Crippen molar-refractivity contribution in [2.24, 2.45) is 11.8 Å². The van der Waals surface area contributed by atoms with Crippen molar-refractivity contribution in [3.8, 4) is 0 Å². The zero-order valence-corrected chi connectivity index (χ0v) is 10.3. The number of aliphatic carboxylic acids is 1. The number of esters is 1. The van der Waals surface area contributed by atoms with Gasteiger partial charge in [-0.05, 0) is 38.3 Å². The maximum Gasteiger partial charge on any atom is 0.320 e. The first-order valence-corrected chi connectivity index (χ1v) is 6.27. The highest BCUT2D eigenvalue weighted by Crippen LogP contribution is 2.22. The third kappa shape index (κ3) is 4.34. The van der Waals surface area contributed by atoms with Gasteiger partial charge < -0.3 is 15.2 Å². The van der Waals surface area contributed by atoms with E-state index in [9.17, 15) is 9.59 Å². The average Bonchev–Trinajstić information content (AvgIpc) is 2.30. The Kier molecular flexibility index (Phi) is 5.97. The summed E-state index contributed by atoms with van der Waals surface area (Å²) in [6, 6.07) is 0. The fraction of sp³-hybridized carbons (Fsp3) is 0.833. The molecule has 0 bridgehead atoms. The van der Waals surface area contributed by atoms with Gasteiger partial charge in [-0.2, -0.15) is 0 Å². The van der Waals surface area contributed by atoms with E-state index >= 15 is 0 Å². The van der Waals surface area contributed by atoms with Crippen LogP contribution in [0, 0.1) is 11.8 Å². The van der Waals surface area contributed by atoms with Gasteiger partial charge in [-0.1, -0.05) is 13.3 Å². The summed E-state index contributed by atoms with van der Waals surface area (Å²) in [5, 5.41) is 12.2. The predicted molar refractivity (Wildman–Crippen MR) is 62.6 cm³/mol. The van der Waals surface area contributed by atoms with E-state index in [0.29, 0.717) is 13.2 Å². The molecule has 1 heterocycles. The van der Waals surface area contributed by atoms with Crippen LogP contribution in [-0.2, 0) is 14.3 Å². The number of carboxylic acid groups (broad SMARTS) is 1. The summed E-state index contributed by atoms with van der Waals surface area (Å²) in [6.07, 6.45) is 3.39. The number of ether oxygens (including phenoxy) is 1. The molecule has 0 amide bonds. The van der Waals surface area contributed by atoms with Gasteiger partial charge in [0.15, 0.2) is 5.92 Å². The summed E-state index contributed by atoms with van der Waals surface area (Å²) in [6.45, 7) is 3.79. The first kappa shape index (κ1) is 14.0. The Hall–Kier alpha value is -1.10. The van der Waals surface area contributed by atoms with Gasteiger partial charge in [0.05, 0.1) is 6.61 Å². The topological polar surface area (TPSA) is 75.6 Å². The highest BCUT2D eigenvalue weighted by molar-refractivity contribution is 5.94. The quantitative estimate of drug-likeness (QED) is 0.414. The van der Waals surface area contributed by atoms with Crippen LogP contribution < -0.4 is 5.32 Å². The van der Waals surface area contributed by atoms with E-state index in [2.05, 4.69) is 5.32 Å². The highest BCUT2D eigenvalue weighted by atomic mass is 16.5. The van der Waals surface area contributed by atoms with Gasteiger partial charge in [0.2, 0.25) is 0 Å². The lowest BCUT2D eigenvalue weighted by atomic mass is 9.86. The summed E-state index contributed by atoms with van der Waals surface area (Å²) in [5.41, 5.74) is 0. The van der Waals surface area contributed by atoms with Crippen molar-refractivity contribution in [3.05, 3.63) is 0 Å². The molecule has 1 rings (SSSR count). The van der Waals surface area contributed by atoms with Crippen LogP contribution in [-0.4, -0.2) is 36.7 Å². The molecular weight excluding hydrogens is 222 g/mol. The second kappa shape index (κ2) is 7.27. The number of carbonyl (C=O) groups is 2. The molecule has 1 aliphatic heterocycles. The van der Waals surface area contributed by atoms with Crippen molar-refractivity contribution < 1.29 is 19.4 Å². The second-order valence-electron chi connectivity index (χ2n) is 4.44. The Morgan fingerprint density at radius 2 is 2.29 bits per heavy atom. The van der Waals surface area contributed by atoms with Crippen LogP contribution in [0.3, 0.4) is 0 Å². The van der Waals surface area contributed by atoms with E-state index in [1.165, 1.54) is 0 Å². The van der Waals surface area contributed by atoms with Gasteiger partial charge in [-0.15, -0.1) is 0 Å². The van der Waals surface area contributed by atoms with Gasteiger partial charge in [0.1, 0.15) is 0 Å².